The van der Waals surface area contributed by atoms with Crippen LogP contribution in [0.2, 0.25) is 0 Å². The van der Waals surface area contributed by atoms with E-state index in [4.69, 9.17) is 4.74 Å². The number of carboxylic acid groups (broad SMARTS) is 1. The Hall–Kier alpha value is -2.93. The van der Waals surface area contributed by atoms with Crippen molar-refractivity contribution < 1.29 is 14.6 Å². The van der Waals surface area contributed by atoms with Crippen LogP contribution in [0.4, 0.5) is 5.69 Å². The molecule has 1 saturated heterocycles. The van der Waals surface area contributed by atoms with E-state index in [2.05, 4.69) is 19.9 Å². The van der Waals surface area contributed by atoms with E-state index in [9.17, 15) is 9.90 Å². The van der Waals surface area contributed by atoms with Crippen molar-refractivity contribution in [1.82, 2.24) is 15.0 Å². The summed E-state index contributed by atoms with van der Waals surface area (Å²) in [5, 5.41) is 9.25. The molecule has 3 aromatic rings. The summed E-state index contributed by atoms with van der Waals surface area (Å²) in [6, 6.07) is 9.50. The number of anilines is 1. The van der Waals surface area contributed by atoms with Crippen molar-refractivity contribution in [1.29, 1.82) is 0 Å². The maximum atomic E-state index is 11.3. The lowest BCUT2D eigenvalue weighted by Crippen LogP contribution is -2.36. The van der Waals surface area contributed by atoms with E-state index in [1.807, 2.05) is 24.3 Å². The number of benzene rings is 1. The van der Waals surface area contributed by atoms with E-state index in [-0.39, 0.29) is 5.56 Å². The molecule has 3 heterocycles. The van der Waals surface area contributed by atoms with Gasteiger partial charge in [0.15, 0.2) is 5.65 Å². The van der Waals surface area contributed by atoms with E-state index in [1.54, 1.807) is 0 Å². The SMILES string of the molecule is O=C(O)c1ccnc2nc(-c3ccc(N4CCOCC4)cc3)[nH]c12. The molecule has 7 heteroatoms. The van der Waals surface area contributed by atoms with E-state index in [1.165, 1.54) is 12.3 Å². The van der Waals surface area contributed by atoms with Crippen molar-refractivity contribution in [2.24, 2.45) is 0 Å². The summed E-state index contributed by atoms with van der Waals surface area (Å²) >= 11 is 0. The fourth-order valence-corrected chi connectivity index (χ4v) is 2.88. The van der Waals surface area contributed by atoms with Crippen molar-refractivity contribution in [3.05, 3.63) is 42.1 Å². The molecule has 2 aromatic heterocycles. The predicted octanol–water partition coefficient (Wildman–Crippen LogP) is 2.16. The van der Waals surface area contributed by atoms with Gasteiger partial charge in [0.2, 0.25) is 0 Å². The predicted molar refractivity (Wildman–Crippen MR) is 89.3 cm³/mol. The van der Waals surface area contributed by atoms with Crippen molar-refractivity contribution in [2.45, 2.75) is 0 Å². The van der Waals surface area contributed by atoms with Crippen LogP contribution < -0.4 is 4.90 Å². The summed E-state index contributed by atoms with van der Waals surface area (Å²) < 4.78 is 5.37. The smallest absolute Gasteiger partial charge is 0.338 e. The van der Waals surface area contributed by atoms with Crippen LogP contribution in [-0.2, 0) is 4.74 Å². The molecule has 7 nitrogen and oxygen atoms in total. The minimum absolute atomic E-state index is 0.170. The molecule has 0 saturated carbocycles. The highest BCUT2D eigenvalue weighted by molar-refractivity contribution is 6.00. The molecule has 0 aliphatic carbocycles. The number of H-pyrrole nitrogens is 1. The molecule has 0 amide bonds. The van der Waals surface area contributed by atoms with Gasteiger partial charge in [0.1, 0.15) is 5.82 Å². The Labute approximate surface area is 137 Å². The van der Waals surface area contributed by atoms with Gasteiger partial charge >= 0.3 is 5.97 Å². The molecule has 1 aliphatic rings. The van der Waals surface area contributed by atoms with Crippen molar-refractivity contribution in [3.8, 4) is 11.4 Å². The van der Waals surface area contributed by atoms with Gasteiger partial charge in [0, 0.05) is 30.5 Å². The largest absolute Gasteiger partial charge is 0.478 e. The molecule has 24 heavy (non-hydrogen) atoms. The van der Waals surface area contributed by atoms with Gasteiger partial charge in [-0.1, -0.05) is 0 Å². The molecule has 0 unspecified atom stereocenters. The van der Waals surface area contributed by atoms with Crippen molar-refractivity contribution in [2.75, 3.05) is 31.2 Å². The lowest BCUT2D eigenvalue weighted by Gasteiger charge is -2.28. The van der Waals surface area contributed by atoms with Gasteiger partial charge in [-0.3, -0.25) is 0 Å². The number of aromatic amines is 1. The Morgan fingerprint density at radius 1 is 1.17 bits per heavy atom. The average Bonchev–Trinajstić information content (AvgIpc) is 3.06. The number of hydrogen-bond donors (Lipinski definition) is 2. The molecule has 0 radical (unpaired) electrons. The number of morpholine rings is 1. The number of rotatable bonds is 3. The Morgan fingerprint density at radius 2 is 1.92 bits per heavy atom. The van der Waals surface area contributed by atoms with Gasteiger partial charge in [-0.05, 0) is 30.3 Å². The second kappa shape index (κ2) is 5.93. The number of carbonyl (C=O) groups is 1. The number of ether oxygens (including phenoxy) is 1. The normalized spacial score (nSPS) is 14.9. The highest BCUT2D eigenvalue weighted by atomic mass is 16.5. The summed E-state index contributed by atoms with van der Waals surface area (Å²) in [7, 11) is 0. The van der Waals surface area contributed by atoms with Gasteiger partial charge in [0.05, 0.1) is 24.3 Å². The third-order valence-electron chi connectivity index (χ3n) is 4.14. The molecule has 1 aromatic carbocycles. The first-order valence-corrected chi connectivity index (χ1v) is 7.73. The monoisotopic (exact) mass is 324 g/mol. The number of aromatic nitrogens is 3. The molecule has 122 valence electrons. The first-order valence-electron chi connectivity index (χ1n) is 7.73. The second-order valence-corrected chi connectivity index (χ2v) is 5.59. The number of nitrogens with zero attached hydrogens (tertiary/aromatic N) is 3. The Balaban J connectivity index is 1.67. The highest BCUT2D eigenvalue weighted by Crippen LogP contribution is 2.24. The molecular formula is C17H16N4O3. The van der Waals surface area contributed by atoms with Crippen molar-refractivity contribution in [3.63, 3.8) is 0 Å². The number of nitrogens with one attached hydrogen (secondary N) is 1. The van der Waals surface area contributed by atoms with Gasteiger partial charge in [-0.25, -0.2) is 14.8 Å². The maximum Gasteiger partial charge on any atom is 0.338 e. The summed E-state index contributed by atoms with van der Waals surface area (Å²) in [6.07, 6.45) is 1.46. The summed E-state index contributed by atoms with van der Waals surface area (Å²) in [5.41, 5.74) is 3.05. The first-order chi connectivity index (χ1) is 11.7. The molecule has 0 bridgehead atoms. The van der Waals surface area contributed by atoms with Gasteiger partial charge in [0.25, 0.3) is 0 Å². The standard InChI is InChI=1S/C17H16N4O3/c22-17(23)13-5-6-18-16-14(13)19-15(20-16)11-1-3-12(4-2-11)21-7-9-24-10-8-21/h1-6H,7-10H2,(H,22,23)(H,18,19,20). The number of fused-ring (bicyclic) bond motifs is 1. The first kappa shape index (κ1) is 14.6. The van der Waals surface area contributed by atoms with Crippen LogP contribution in [0.25, 0.3) is 22.6 Å². The second-order valence-electron chi connectivity index (χ2n) is 5.59. The van der Waals surface area contributed by atoms with Crippen LogP contribution in [0, 0.1) is 0 Å². The van der Waals surface area contributed by atoms with Gasteiger partial charge in [-0.2, -0.15) is 0 Å². The van der Waals surface area contributed by atoms with Crippen LogP contribution in [0.3, 0.4) is 0 Å². The molecule has 1 aliphatic heterocycles. The Morgan fingerprint density at radius 3 is 2.62 bits per heavy atom. The number of pyridine rings is 1. The van der Waals surface area contributed by atoms with Gasteiger partial charge < -0.3 is 19.7 Å². The molecule has 0 atom stereocenters. The minimum Gasteiger partial charge on any atom is -0.478 e. The number of aromatic carboxylic acids is 1. The summed E-state index contributed by atoms with van der Waals surface area (Å²) in [4.78, 5) is 25.2. The van der Waals surface area contributed by atoms with E-state index >= 15 is 0 Å². The number of imidazole rings is 1. The zero-order valence-corrected chi connectivity index (χ0v) is 12.9. The maximum absolute atomic E-state index is 11.3. The minimum atomic E-state index is -1.000. The fraction of sp³-hybridized carbons (Fsp3) is 0.235. The van der Waals surface area contributed by atoms with Crippen molar-refractivity contribution >= 4 is 22.8 Å². The van der Waals surface area contributed by atoms with Crippen LogP contribution in [0.5, 0.6) is 0 Å². The quantitative estimate of drug-likeness (QED) is 0.767. The fourth-order valence-electron chi connectivity index (χ4n) is 2.88. The summed E-state index contributed by atoms with van der Waals surface area (Å²) in [6.45, 7) is 3.26. The third-order valence-corrected chi connectivity index (χ3v) is 4.14. The third kappa shape index (κ3) is 2.59. The highest BCUT2D eigenvalue weighted by Gasteiger charge is 2.15. The molecular weight excluding hydrogens is 308 g/mol. The van der Waals surface area contributed by atoms with Crippen LogP contribution >= 0.6 is 0 Å². The van der Waals surface area contributed by atoms with Crippen LogP contribution in [0.1, 0.15) is 10.4 Å². The molecule has 2 N–H and O–H groups in total. The Kier molecular flexibility index (Phi) is 3.62. The van der Waals surface area contributed by atoms with Crippen LogP contribution in [0.15, 0.2) is 36.5 Å². The number of carboxylic acids is 1. The van der Waals surface area contributed by atoms with E-state index < -0.39 is 5.97 Å². The lowest BCUT2D eigenvalue weighted by molar-refractivity contribution is 0.0698. The topological polar surface area (TPSA) is 91.3 Å². The number of hydrogen-bond acceptors (Lipinski definition) is 5. The zero-order chi connectivity index (χ0) is 16.5. The lowest BCUT2D eigenvalue weighted by atomic mass is 10.2. The molecule has 4 rings (SSSR count). The van der Waals surface area contributed by atoms with E-state index in [0.29, 0.717) is 17.0 Å². The summed E-state index contributed by atoms with van der Waals surface area (Å²) in [5.74, 6) is -0.389. The molecule has 1 fully saturated rings. The average molecular weight is 324 g/mol. The van der Waals surface area contributed by atoms with Gasteiger partial charge in [-0.15, -0.1) is 0 Å². The molecule has 0 spiro atoms. The van der Waals surface area contributed by atoms with Crippen LogP contribution in [-0.4, -0.2) is 52.3 Å². The Bertz CT molecular complexity index is 882. The van der Waals surface area contributed by atoms with E-state index in [0.717, 1.165) is 37.6 Å². The zero-order valence-electron chi connectivity index (χ0n) is 12.9.